The summed E-state index contributed by atoms with van der Waals surface area (Å²) in [7, 11) is 0. The van der Waals surface area contributed by atoms with Crippen LogP contribution in [0.25, 0.3) is 6.08 Å². The molecule has 1 unspecified atom stereocenters. The fourth-order valence-electron chi connectivity index (χ4n) is 4.69. The highest BCUT2D eigenvalue weighted by molar-refractivity contribution is 5.96. The van der Waals surface area contributed by atoms with Gasteiger partial charge < -0.3 is 9.80 Å². The Kier molecular flexibility index (Phi) is 10.1. The Morgan fingerprint density at radius 2 is 1.60 bits per heavy atom. The Hall–Kier alpha value is -3.86. The molecule has 2 aromatic carbocycles. The maximum Gasteiger partial charge on any atom is 0.416 e. The lowest BCUT2D eigenvalue weighted by atomic mass is 9.97. The first-order chi connectivity index (χ1) is 19.2. The molecular weight excluding hydrogens is 584 g/mol. The maximum atomic E-state index is 13.5. The van der Waals surface area contributed by atoms with Gasteiger partial charge in [0.1, 0.15) is 0 Å². The average molecular weight is 612 g/mol. The van der Waals surface area contributed by atoms with Crippen LogP contribution in [0, 0.1) is 13.8 Å². The van der Waals surface area contributed by atoms with E-state index in [1.54, 1.807) is 30.6 Å². The summed E-state index contributed by atoms with van der Waals surface area (Å²) in [5.74, 6) is -1.31. The number of piperazine rings is 1. The number of carbonyl (C=O) groups is 2. The van der Waals surface area contributed by atoms with E-state index in [-0.39, 0.29) is 50.4 Å². The smallest absolute Gasteiger partial charge is 0.335 e. The van der Waals surface area contributed by atoms with Gasteiger partial charge in [-0.1, -0.05) is 24.3 Å². The molecule has 1 aliphatic heterocycles. The Bertz CT molecular complexity index is 1430. The molecule has 0 saturated carbocycles. The van der Waals surface area contributed by atoms with Gasteiger partial charge in [0.05, 0.1) is 17.2 Å². The van der Waals surface area contributed by atoms with Crippen molar-refractivity contribution in [3.8, 4) is 0 Å². The topological polar surface area (TPSA) is 53.5 Å². The Labute approximate surface area is 245 Å². The molecule has 4 rings (SSSR count). The largest absolute Gasteiger partial charge is 0.416 e. The first kappa shape index (κ1) is 32.7. The number of hydrogen-bond acceptors (Lipinski definition) is 3. The van der Waals surface area contributed by atoms with E-state index in [0.29, 0.717) is 17.7 Å². The van der Waals surface area contributed by atoms with E-state index in [1.807, 2.05) is 32.0 Å². The third-order valence-electron chi connectivity index (χ3n) is 7.04. The lowest BCUT2D eigenvalue weighted by Gasteiger charge is -2.41. The van der Waals surface area contributed by atoms with Gasteiger partial charge in [-0.05, 0) is 72.9 Å². The van der Waals surface area contributed by atoms with E-state index in [1.165, 1.54) is 15.9 Å². The van der Waals surface area contributed by atoms with Crippen LogP contribution in [-0.4, -0.2) is 52.3 Å². The van der Waals surface area contributed by atoms with Crippen molar-refractivity contribution in [1.29, 1.82) is 0 Å². The molecule has 1 aromatic heterocycles. The highest BCUT2D eigenvalue weighted by atomic mass is 35.5. The first-order valence-electron chi connectivity index (χ1n) is 12.8. The molecule has 1 fully saturated rings. The molecule has 0 radical (unpaired) electrons. The van der Waals surface area contributed by atoms with Crippen LogP contribution >= 0.6 is 12.4 Å². The summed E-state index contributed by atoms with van der Waals surface area (Å²) in [5, 5.41) is 0. The molecule has 0 N–H and O–H groups in total. The predicted octanol–water partition coefficient (Wildman–Crippen LogP) is 6.77. The summed E-state index contributed by atoms with van der Waals surface area (Å²) in [6.07, 6.45) is -3.80. The number of benzene rings is 2. The highest BCUT2D eigenvalue weighted by Crippen LogP contribution is 2.37. The number of aryl methyl sites for hydroxylation is 2. The standard InChI is InChI=1S/C30H27F6N3O2.ClH/c1-19-5-6-22(12-20(19)2)13-26-18-38(27(40)8-7-21-4-3-9-37-17-21)10-11-39(26)28(41)23-14-24(29(31,32)33)16-25(15-23)30(34,35)36;/h3-9,12,14-17,26H,10-11,13,18H2,1-2H3;1H/b8-7+;. The minimum atomic E-state index is -5.08. The van der Waals surface area contributed by atoms with Crippen molar-refractivity contribution in [1.82, 2.24) is 14.8 Å². The number of rotatable bonds is 5. The molecule has 0 spiro atoms. The molecule has 1 aliphatic rings. The summed E-state index contributed by atoms with van der Waals surface area (Å²) in [6.45, 7) is 3.86. The normalized spacial score (nSPS) is 16.0. The second-order valence-corrected chi connectivity index (χ2v) is 9.97. The lowest BCUT2D eigenvalue weighted by molar-refractivity contribution is -0.143. The van der Waals surface area contributed by atoms with E-state index in [4.69, 9.17) is 0 Å². The van der Waals surface area contributed by atoms with Crippen molar-refractivity contribution in [3.05, 3.63) is 106 Å². The number of aromatic nitrogens is 1. The average Bonchev–Trinajstić information content (AvgIpc) is 2.92. The Morgan fingerprint density at radius 1 is 0.929 bits per heavy atom. The molecule has 12 heteroatoms. The van der Waals surface area contributed by atoms with Crippen molar-refractivity contribution in [3.63, 3.8) is 0 Å². The number of pyridine rings is 1. The third-order valence-corrected chi connectivity index (χ3v) is 7.04. The quantitative estimate of drug-likeness (QED) is 0.236. The molecule has 3 aromatic rings. The lowest BCUT2D eigenvalue weighted by Crippen LogP contribution is -2.57. The second-order valence-electron chi connectivity index (χ2n) is 9.97. The van der Waals surface area contributed by atoms with Crippen LogP contribution in [0.15, 0.2) is 67.0 Å². The number of amides is 2. The van der Waals surface area contributed by atoms with Crippen molar-refractivity contribution in [2.75, 3.05) is 19.6 Å². The van der Waals surface area contributed by atoms with Gasteiger partial charge in [0.25, 0.3) is 5.91 Å². The van der Waals surface area contributed by atoms with Gasteiger partial charge in [-0.2, -0.15) is 26.3 Å². The monoisotopic (exact) mass is 611 g/mol. The SMILES string of the molecule is Cc1ccc(CC2CN(C(=O)/C=C/c3cccnc3)CCN2C(=O)c2cc(C(F)(F)F)cc(C(F)(F)F)c2)cc1C.Cl. The number of halogens is 7. The fourth-order valence-corrected chi connectivity index (χ4v) is 4.69. The van der Waals surface area contributed by atoms with Crippen LogP contribution in [-0.2, 0) is 23.6 Å². The van der Waals surface area contributed by atoms with Gasteiger partial charge in [-0.3, -0.25) is 14.6 Å². The van der Waals surface area contributed by atoms with Gasteiger partial charge in [0, 0.05) is 43.7 Å². The second kappa shape index (κ2) is 13.0. The van der Waals surface area contributed by atoms with Crippen molar-refractivity contribution < 1.29 is 35.9 Å². The summed E-state index contributed by atoms with van der Waals surface area (Å²) in [6, 6.07) is 9.31. The predicted molar refractivity (Wildman–Crippen MR) is 148 cm³/mol. The molecule has 1 saturated heterocycles. The first-order valence-corrected chi connectivity index (χ1v) is 12.8. The summed E-state index contributed by atoms with van der Waals surface area (Å²) in [5.41, 5.74) is -0.301. The van der Waals surface area contributed by atoms with Gasteiger partial charge in [0.2, 0.25) is 5.91 Å². The van der Waals surface area contributed by atoms with E-state index in [2.05, 4.69) is 4.98 Å². The molecule has 42 heavy (non-hydrogen) atoms. The van der Waals surface area contributed by atoms with Crippen molar-refractivity contribution in [2.45, 2.75) is 38.7 Å². The van der Waals surface area contributed by atoms with E-state index in [0.717, 1.165) is 16.7 Å². The van der Waals surface area contributed by atoms with E-state index < -0.39 is 41.0 Å². The number of nitrogens with zero attached hydrogens (tertiary/aromatic N) is 3. The molecule has 224 valence electrons. The Morgan fingerprint density at radius 3 is 2.17 bits per heavy atom. The minimum absolute atomic E-state index is 0. The molecule has 1 atom stereocenters. The zero-order chi connectivity index (χ0) is 29.9. The van der Waals surface area contributed by atoms with Crippen LogP contribution in [0.4, 0.5) is 26.3 Å². The van der Waals surface area contributed by atoms with Gasteiger partial charge >= 0.3 is 12.4 Å². The summed E-state index contributed by atoms with van der Waals surface area (Å²) >= 11 is 0. The van der Waals surface area contributed by atoms with Gasteiger partial charge in [0.15, 0.2) is 0 Å². The molecule has 2 heterocycles. The molecule has 0 bridgehead atoms. The zero-order valence-electron chi connectivity index (χ0n) is 22.7. The van der Waals surface area contributed by atoms with Crippen LogP contribution in [0.1, 0.15) is 43.7 Å². The van der Waals surface area contributed by atoms with Gasteiger partial charge in [-0.15, -0.1) is 12.4 Å². The summed E-state index contributed by atoms with van der Waals surface area (Å²) < 4.78 is 80.8. The number of hydrogen-bond donors (Lipinski definition) is 0. The van der Waals surface area contributed by atoms with E-state index >= 15 is 0 Å². The fraction of sp³-hybridized carbons (Fsp3) is 0.300. The van der Waals surface area contributed by atoms with Crippen molar-refractivity contribution in [2.24, 2.45) is 0 Å². The van der Waals surface area contributed by atoms with E-state index in [9.17, 15) is 35.9 Å². The maximum absolute atomic E-state index is 13.5. The van der Waals surface area contributed by atoms with Crippen LogP contribution in [0.5, 0.6) is 0 Å². The highest BCUT2D eigenvalue weighted by Gasteiger charge is 2.39. The summed E-state index contributed by atoms with van der Waals surface area (Å²) in [4.78, 5) is 33.3. The van der Waals surface area contributed by atoms with Crippen LogP contribution in [0.3, 0.4) is 0 Å². The van der Waals surface area contributed by atoms with Crippen LogP contribution in [0.2, 0.25) is 0 Å². The van der Waals surface area contributed by atoms with Crippen LogP contribution < -0.4 is 0 Å². The third kappa shape index (κ3) is 7.90. The molecular formula is C30H28ClF6N3O2. The molecule has 2 amide bonds. The number of carbonyl (C=O) groups excluding carboxylic acids is 2. The minimum Gasteiger partial charge on any atom is -0.335 e. The number of alkyl halides is 6. The molecule has 5 nitrogen and oxygen atoms in total. The zero-order valence-corrected chi connectivity index (χ0v) is 23.5. The Balaban J connectivity index is 0.00000484. The molecule has 0 aliphatic carbocycles. The van der Waals surface area contributed by atoms with Gasteiger partial charge in [-0.25, -0.2) is 0 Å². The van der Waals surface area contributed by atoms with Crippen molar-refractivity contribution >= 4 is 30.3 Å².